The van der Waals surface area contributed by atoms with E-state index in [1.807, 2.05) is 0 Å². The molecular formula is C22H22PS. The van der Waals surface area contributed by atoms with E-state index in [1.54, 1.807) is 0 Å². The van der Waals surface area contributed by atoms with Crippen molar-refractivity contribution in [2.75, 3.05) is 0 Å². The van der Waals surface area contributed by atoms with E-state index in [-0.39, 0.29) is 11.6 Å². The van der Waals surface area contributed by atoms with Gasteiger partial charge in [-0.05, 0) is 29.0 Å². The van der Waals surface area contributed by atoms with E-state index in [2.05, 4.69) is 105 Å². The molecule has 2 unspecified atom stereocenters. The summed E-state index contributed by atoms with van der Waals surface area (Å²) in [6.45, 7) is 6.58. The highest BCUT2D eigenvalue weighted by molar-refractivity contribution is 8.22. The van der Waals surface area contributed by atoms with Crippen molar-refractivity contribution < 1.29 is 0 Å². The topological polar surface area (TPSA) is 0 Å². The summed E-state index contributed by atoms with van der Waals surface area (Å²) in [7, 11) is 0. The van der Waals surface area contributed by atoms with Crippen molar-refractivity contribution in [2.45, 2.75) is 12.6 Å². The van der Waals surface area contributed by atoms with Crippen LogP contribution in [0.5, 0.6) is 0 Å². The van der Waals surface area contributed by atoms with Gasteiger partial charge in [0.1, 0.15) is 0 Å². The molecule has 2 heteroatoms. The Morgan fingerprint density at radius 2 is 1.08 bits per heavy atom. The summed E-state index contributed by atoms with van der Waals surface area (Å²) in [6.07, 6.45) is 0. The van der Waals surface area contributed by atoms with E-state index in [9.17, 15) is 0 Å². The highest BCUT2D eigenvalue weighted by Gasteiger charge is 2.35. The van der Waals surface area contributed by atoms with Gasteiger partial charge in [-0.3, -0.25) is 0 Å². The summed E-state index contributed by atoms with van der Waals surface area (Å²) >= 11 is 6.49. The molecule has 24 heavy (non-hydrogen) atoms. The highest BCUT2D eigenvalue weighted by atomic mass is 32.4. The normalized spacial score (nSPS) is 13.0. The Kier molecular flexibility index (Phi) is 5.33. The Hall–Kier alpha value is -1.69. The zero-order chi connectivity index (χ0) is 17.0. The van der Waals surface area contributed by atoms with Crippen LogP contribution in [0.3, 0.4) is 0 Å². The van der Waals surface area contributed by atoms with Crippen molar-refractivity contribution >= 4 is 28.5 Å². The zero-order valence-corrected chi connectivity index (χ0v) is 15.6. The Morgan fingerprint density at radius 3 is 1.46 bits per heavy atom. The molecule has 0 bridgehead atoms. The van der Waals surface area contributed by atoms with Crippen molar-refractivity contribution in [1.82, 2.24) is 0 Å². The Morgan fingerprint density at radius 1 is 0.708 bits per heavy atom. The van der Waals surface area contributed by atoms with Gasteiger partial charge >= 0.3 is 0 Å². The maximum Gasteiger partial charge on any atom is 0.0233 e. The molecule has 0 saturated carbocycles. The van der Waals surface area contributed by atoms with Crippen molar-refractivity contribution in [3.8, 4) is 0 Å². The first-order valence-corrected chi connectivity index (χ1v) is 11.1. The van der Waals surface area contributed by atoms with Gasteiger partial charge < -0.3 is 0 Å². The van der Waals surface area contributed by atoms with E-state index in [1.165, 1.54) is 16.2 Å². The molecule has 0 aromatic heterocycles. The molecule has 0 spiro atoms. The standard InChI is InChI=1S/C22H22PS/c1-18(2)22(19-12-6-3-7-13-19)23(24,20-14-8-4-9-15-20)21-16-10-5-11-17-21/h3-18,22H,1H2,2H3. The third-order valence-electron chi connectivity index (χ3n) is 4.35. The lowest BCUT2D eigenvalue weighted by Gasteiger charge is -2.35. The molecule has 1 radical (unpaired) electrons. The number of rotatable bonds is 5. The van der Waals surface area contributed by atoms with Crippen LogP contribution in [0.15, 0.2) is 91.0 Å². The summed E-state index contributed by atoms with van der Waals surface area (Å²) in [5, 5.41) is 2.52. The molecule has 0 nitrogen and oxygen atoms in total. The van der Waals surface area contributed by atoms with E-state index < -0.39 is 6.04 Å². The van der Waals surface area contributed by atoms with E-state index in [0.717, 1.165) is 0 Å². The fourth-order valence-electron chi connectivity index (χ4n) is 3.32. The monoisotopic (exact) mass is 349 g/mol. The molecule has 0 amide bonds. The minimum atomic E-state index is -2.04. The predicted octanol–water partition coefficient (Wildman–Crippen LogP) is 5.33. The SMILES string of the molecule is [CH2]C(C)C(c1ccccc1)P(=S)(c1ccccc1)c1ccccc1. The summed E-state index contributed by atoms with van der Waals surface area (Å²) in [6, 6.07) is 29.8. The molecule has 3 aromatic rings. The molecule has 0 aliphatic rings. The number of benzene rings is 3. The molecule has 0 saturated heterocycles. The second kappa shape index (κ2) is 7.47. The molecule has 121 valence electrons. The maximum absolute atomic E-state index is 6.49. The fraction of sp³-hybridized carbons (Fsp3) is 0.136. The first-order valence-electron chi connectivity index (χ1n) is 8.23. The Balaban J connectivity index is 2.26. The predicted molar refractivity (Wildman–Crippen MR) is 110 cm³/mol. The van der Waals surface area contributed by atoms with Gasteiger partial charge in [0.25, 0.3) is 0 Å². The van der Waals surface area contributed by atoms with E-state index in [4.69, 9.17) is 11.8 Å². The van der Waals surface area contributed by atoms with Crippen molar-refractivity contribution in [3.05, 3.63) is 103 Å². The first-order chi connectivity index (χ1) is 11.6. The minimum absolute atomic E-state index is 0.221. The van der Waals surface area contributed by atoms with Crippen LogP contribution in [-0.4, -0.2) is 0 Å². The molecule has 0 heterocycles. The zero-order valence-electron chi connectivity index (χ0n) is 13.9. The molecule has 0 aliphatic carbocycles. The van der Waals surface area contributed by atoms with Gasteiger partial charge in [0.2, 0.25) is 0 Å². The molecule has 0 aliphatic heterocycles. The smallest absolute Gasteiger partial charge is 0.0233 e. The molecule has 0 fully saturated rings. The van der Waals surface area contributed by atoms with Crippen molar-refractivity contribution in [2.24, 2.45) is 5.92 Å². The summed E-state index contributed by atoms with van der Waals surface area (Å²) in [4.78, 5) is 0. The summed E-state index contributed by atoms with van der Waals surface area (Å²) < 4.78 is 0. The van der Waals surface area contributed by atoms with Crippen LogP contribution in [0.2, 0.25) is 0 Å². The van der Waals surface area contributed by atoms with Crippen molar-refractivity contribution in [1.29, 1.82) is 0 Å². The van der Waals surface area contributed by atoms with Crippen LogP contribution in [-0.2, 0) is 11.8 Å². The fourth-order valence-corrected chi connectivity index (χ4v) is 8.51. The highest BCUT2D eigenvalue weighted by Crippen LogP contribution is 2.60. The molecule has 3 rings (SSSR count). The lowest BCUT2D eigenvalue weighted by Crippen LogP contribution is -2.24. The van der Waals surface area contributed by atoms with Crippen LogP contribution in [0.1, 0.15) is 18.1 Å². The molecular weight excluding hydrogens is 327 g/mol. The maximum atomic E-state index is 6.49. The number of hydrogen-bond donors (Lipinski definition) is 0. The van der Waals surface area contributed by atoms with Gasteiger partial charge in [0, 0.05) is 11.7 Å². The van der Waals surface area contributed by atoms with Crippen LogP contribution in [0.25, 0.3) is 0 Å². The van der Waals surface area contributed by atoms with Crippen LogP contribution >= 0.6 is 6.04 Å². The molecule has 2 atom stereocenters. The Bertz CT molecular complexity index is 767. The molecule has 0 N–H and O–H groups in total. The van der Waals surface area contributed by atoms with Crippen LogP contribution in [0.4, 0.5) is 0 Å². The van der Waals surface area contributed by atoms with Gasteiger partial charge in [-0.1, -0.05) is 110 Å². The second-order valence-electron chi connectivity index (χ2n) is 6.16. The van der Waals surface area contributed by atoms with Gasteiger partial charge in [-0.2, -0.15) is 0 Å². The lowest BCUT2D eigenvalue weighted by atomic mass is 10.0. The lowest BCUT2D eigenvalue weighted by molar-refractivity contribution is 0.695. The van der Waals surface area contributed by atoms with E-state index >= 15 is 0 Å². The quantitative estimate of drug-likeness (QED) is 0.561. The molecule has 3 aromatic carbocycles. The number of hydrogen-bond acceptors (Lipinski definition) is 1. The third kappa shape index (κ3) is 3.24. The van der Waals surface area contributed by atoms with Gasteiger partial charge in [-0.25, -0.2) is 0 Å². The Labute approximate surface area is 150 Å². The van der Waals surface area contributed by atoms with Gasteiger partial charge in [-0.15, -0.1) is 0 Å². The summed E-state index contributed by atoms with van der Waals surface area (Å²) in [5.41, 5.74) is 1.51. The van der Waals surface area contributed by atoms with Crippen LogP contribution < -0.4 is 10.6 Å². The summed E-state index contributed by atoms with van der Waals surface area (Å²) in [5.74, 6) is 0.221. The van der Waals surface area contributed by atoms with Crippen molar-refractivity contribution in [3.63, 3.8) is 0 Å². The average Bonchev–Trinajstić information content (AvgIpc) is 2.64. The minimum Gasteiger partial charge on any atom is -0.0870 e. The van der Waals surface area contributed by atoms with E-state index in [0.29, 0.717) is 0 Å². The second-order valence-corrected chi connectivity index (χ2v) is 10.8. The largest absolute Gasteiger partial charge is 0.0870 e. The van der Waals surface area contributed by atoms with Gasteiger partial charge in [0.05, 0.1) is 0 Å². The average molecular weight is 349 g/mol. The van der Waals surface area contributed by atoms with Crippen LogP contribution in [0, 0.1) is 12.8 Å². The first kappa shape index (κ1) is 17.1. The third-order valence-corrected chi connectivity index (χ3v) is 10.0. The van der Waals surface area contributed by atoms with Gasteiger partial charge in [0.15, 0.2) is 0 Å².